The topological polar surface area (TPSA) is 232 Å². The summed E-state index contributed by atoms with van der Waals surface area (Å²) in [7, 11) is 0. The van der Waals surface area contributed by atoms with Crippen molar-refractivity contribution in [1.82, 2.24) is 0 Å². The Bertz CT molecular complexity index is 664. The van der Waals surface area contributed by atoms with Crippen LogP contribution >= 0.6 is 0 Å². The van der Waals surface area contributed by atoms with Crippen molar-refractivity contribution in [2.24, 2.45) is 5.73 Å². The Morgan fingerprint density at radius 2 is 1.66 bits per heavy atom. The molecule has 0 aromatic carbocycles. The number of aliphatic hydroxyl groups excluding tert-OH is 4. The van der Waals surface area contributed by atoms with Gasteiger partial charge in [-0.05, 0) is 32.1 Å². The number of hydrogen-bond acceptors (Lipinski definition) is 13. The predicted molar refractivity (Wildman–Crippen MR) is 115 cm³/mol. The summed E-state index contributed by atoms with van der Waals surface area (Å²) in [5, 5.41) is 45.5. The second kappa shape index (κ2) is 16.5. The van der Waals surface area contributed by atoms with E-state index in [-0.39, 0.29) is 37.3 Å². The molecule has 0 spiro atoms. The highest BCUT2D eigenvalue weighted by molar-refractivity contribution is 5.76. The van der Waals surface area contributed by atoms with E-state index in [1.807, 2.05) is 0 Å². The van der Waals surface area contributed by atoms with Crippen molar-refractivity contribution >= 4 is 24.2 Å². The molecule has 2 heterocycles. The van der Waals surface area contributed by atoms with Crippen LogP contribution in [0.1, 0.15) is 38.5 Å². The number of aliphatic carboxylic acids is 1. The van der Waals surface area contributed by atoms with Gasteiger partial charge in [-0.1, -0.05) is 0 Å². The molecule has 202 valence electrons. The van der Waals surface area contributed by atoms with E-state index in [2.05, 4.69) is 4.74 Å². The van der Waals surface area contributed by atoms with E-state index >= 15 is 0 Å². The number of hydrogen-bond donors (Lipinski definition) is 6. The number of nitrogens with two attached hydrogens (primary N) is 1. The van der Waals surface area contributed by atoms with Crippen LogP contribution in [0, 0.1) is 0 Å². The van der Waals surface area contributed by atoms with Crippen LogP contribution in [0.2, 0.25) is 0 Å². The Labute approximate surface area is 201 Å². The van der Waals surface area contributed by atoms with Crippen molar-refractivity contribution in [1.29, 1.82) is 0 Å². The van der Waals surface area contributed by atoms with Gasteiger partial charge in [-0.25, -0.2) is 4.79 Å². The predicted octanol–water partition coefficient (Wildman–Crippen LogP) is -2.75. The zero-order valence-corrected chi connectivity index (χ0v) is 19.3. The fourth-order valence-electron chi connectivity index (χ4n) is 3.09. The smallest absolute Gasteiger partial charge is 0.335 e. The number of esters is 2. The van der Waals surface area contributed by atoms with E-state index in [0.717, 1.165) is 32.3 Å². The summed E-state index contributed by atoms with van der Waals surface area (Å²) in [6.07, 6.45) is -4.46. The molecule has 0 bridgehead atoms. The third kappa shape index (κ3) is 11.9. The summed E-state index contributed by atoms with van der Waals surface area (Å²) < 4.78 is 20.2. The first kappa shape index (κ1) is 30.8. The molecular formula is C21H35NO13. The zero-order chi connectivity index (χ0) is 26.4. The Hall–Kier alpha value is -2.20. The molecule has 0 amide bonds. The molecule has 2 rings (SSSR count). The second-order valence-electron chi connectivity index (χ2n) is 8.11. The molecule has 0 aromatic heterocycles. The number of carboxylic acids is 1. The molecule has 0 radical (unpaired) electrons. The molecule has 14 heteroatoms. The first-order chi connectivity index (χ1) is 16.6. The van der Waals surface area contributed by atoms with Crippen molar-refractivity contribution in [3.05, 3.63) is 0 Å². The minimum atomic E-state index is -1.95. The molecule has 0 aliphatic carbocycles. The van der Waals surface area contributed by atoms with E-state index in [4.69, 9.17) is 30.2 Å². The van der Waals surface area contributed by atoms with Crippen molar-refractivity contribution in [2.45, 2.75) is 81.2 Å². The first-order valence-corrected chi connectivity index (χ1v) is 11.3. The number of carbonyl (C=O) groups excluding carboxylic acids is 3. The highest BCUT2D eigenvalue weighted by Crippen LogP contribution is 2.16. The molecule has 2 saturated heterocycles. The van der Waals surface area contributed by atoms with Gasteiger partial charge in [-0.2, -0.15) is 0 Å². The van der Waals surface area contributed by atoms with Gasteiger partial charge in [0.2, 0.25) is 0 Å². The molecule has 0 aromatic rings. The van der Waals surface area contributed by atoms with E-state index in [1.54, 1.807) is 0 Å². The fourth-order valence-corrected chi connectivity index (χ4v) is 3.09. The van der Waals surface area contributed by atoms with Gasteiger partial charge in [0, 0.05) is 19.6 Å². The molecule has 2 aliphatic rings. The lowest BCUT2D eigenvalue weighted by Gasteiger charge is -2.24. The van der Waals surface area contributed by atoms with Crippen LogP contribution in [0.25, 0.3) is 0 Å². The van der Waals surface area contributed by atoms with Crippen molar-refractivity contribution < 1.29 is 63.7 Å². The van der Waals surface area contributed by atoms with Crippen LogP contribution in [0.15, 0.2) is 0 Å². The lowest BCUT2D eigenvalue weighted by Crippen LogP contribution is -2.47. The molecule has 0 saturated carbocycles. The Morgan fingerprint density at radius 1 is 1.00 bits per heavy atom. The zero-order valence-electron chi connectivity index (χ0n) is 19.3. The monoisotopic (exact) mass is 509 g/mol. The summed E-state index contributed by atoms with van der Waals surface area (Å²) in [6, 6.07) is -1.21. The van der Waals surface area contributed by atoms with E-state index in [1.165, 1.54) is 0 Å². The fraction of sp³-hybridized carbons (Fsp3) is 0.810. The van der Waals surface area contributed by atoms with Gasteiger partial charge in [0.05, 0.1) is 6.10 Å². The lowest BCUT2D eigenvalue weighted by molar-refractivity contribution is -0.158. The normalized spacial score (nSPS) is 23.7. The summed E-state index contributed by atoms with van der Waals surface area (Å²) in [6.45, 7) is 1.12. The van der Waals surface area contributed by atoms with Crippen molar-refractivity contribution in [3.8, 4) is 0 Å². The van der Waals surface area contributed by atoms with Crippen molar-refractivity contribution in [2.75, 3.05) is 26.4 Å². The van der Waals surface area contributed by atoms with Crippen molar-refractivity contribution in [3.63, 3.8) is 0 Å². The molecule has 35 heavy (non-hydrogen) atoms. The van der Waals surface area contributed by atoms with E-state index in [0.29, 0.717) is 13.2 Å². The molecule has 2 fully saturated rings. The number of aliphatic hydroxyl groups is 4. The minimum Gasteiger partial charge on any atom is -0.481 e. The van der Waals surface area contributed by atoms with E-state index < -0.39 is 49.0 Å². The summed E-state index contributed by atoms with van der Waals surface area (Å²) in [4.78, 5) is 43.2. The van der Waals surface area contributed by atoms with Gasteiger partial charge in [0.25, 0.3) is 0 Å². The number of rotatable bonds is 13. The maximum absolute atomic E-state index is 11.4. The number of carboxylic acid groups (broad SMARTS) is 1. The first-order valence-electron chi connectivity index (χ1n) is 11.3. The molecular weight excluding hydrogens is 474 g/mol. The van der Waals surface area contributed by atoms with Gasteiger partial charge < -0.3 is 55.0 Å². The highest BCUT2D eigenvalue weighted by atomic mass is 16.6. The van der Waals surface area contributed by atoms with E-state index in [9.17, 15) is 34.5 Å². The second-order valence-corrected chi connectivity index (χ2v) is 8.11. The number of ether oxygens (including phenoxy) is 4. The molecule has 7 N–H and O–H groups in total. The molecule has 14 nitrogen and oxygen atoms in total. The van der Waals surface area contributed by atoms with Crippen LogP contribution in [-0.2, 0) is 38.1 Å². The highest BCUT2D eigenvalue weighted by Gasteiger charge is 2.31. The third-order valence-corrected chi connectivity index (χ3v) is 5.23. The van der Waals surface area contributed by atoms with Crippen LogP contribution in [0.4, 0.5) is 0 Å². The summed E-state index contributed by atoms with van der Waals surface area (Å²) >= 11 is 0. The van der Waals surface area contributed by atoms with Gasteiger partial charge in [0.15, 0.2) is 12.4 Å². The van der Waals surface area contributed by atoms with Crippen LogP contribution in [0.3, 0.4) is 0 Å². The average Bonchev–Trinajstić information content (AvgIpc) is 3.57. The quantitative estimate of drug-likeness (QED) is 0.109. The third-order valence-electron chi connectivity index (χ3n) is 5.23. The van der Waals surface area contributed by atoms with Crippen LogP contribution in [0.5, 0.6) is 0 Å². The Kier molecular flexibility index (Phi) is 14.5. The van der Waals surface area contributed by atoms with Crippen LogP contribution < -0.4 is 5.73 Å². The van der Waals surface area contributed by atoms with Gasteiger partial charge in [-0.3, -0.25) is 9.59 Å². The summed E-state index contributed by atoms with van der Waals surface area (Å²) in [5.74, 6) is -2.36. The van der Waals surface area contributed by atoms with Gasteiger partial charge in [-0.15, -0.1) is 0 Å². The molecule has 7 atom stereocenters. The number of aldehydes is 1. The minimum absolute atomic E-state index is 0.0333. The molecule has 2 unspecified atom stereocenters. The van der Waals surface area contributed by atoms with Gasteiger partial charge in [0.1, 0.15) is 43.7 Å². The molecule has 2 aliphatic heterocycles. The van der Waals surface area contributed by atoms with Crippen LogP contribution in [-0.4, -0.2) is 119 Å². The SMILES string of the molecule is N[C@@H](CCC(=O)O)C(=O)OC[C@@H](O)[C@@H](O)[C@H](O)[C@@H](O)C=O.O=C(OCC1CCCO1)C1CCCO1. The largest absolute Gasteiger partial charge is 0.481 e. The Morgan fingerprint density at radius 3 is 2.20 bits per heavy atom. The standard InChI is InChI=1S/C11H19NO9.C10H16O4/c12-5(1-2-8(16)17)11(20)21-4-7(15)10(19)9(18)6(14)3-13;11-10(9-4-2-6-13-9)14-7-8-3-1-5-12-8/h3,5-7,9-10,14-15,18-19H,1-2,4,12H2,(H,16,17);8-9H,1-7H2/t5-,6-,7+,9+,10+;/m0./s1. The van der Waals surface area contributed by atoms with Gasteiger partial charge >= 0.3 is 17.9 Å². The maximum atomic E-state index is 11.4. The lowest BCUT2D eigenvalue weighted by atomic mass is 10.0. The number of carbonyl (C=O) groups is 4. The average molecular weight is 510 g/mol. The maximum Gasteiger partial charge on any atom is 0.335 e. The Balaban J connectivity index is 0.000000375. The summed E-state index contributed by atoms with van der Waals surface area (Å²) in [5.41, 5.74) is 5.34.